The molecule has 0 saturated carbocycles. The average molecular weight is 314 g/mol. The van der Waals surface area contributed by atoms with E-state index in [4.69, 9.17) is 21.1 Å². The van der Waals surface area contributed by atoms with Crippen LogP contribution in [0.25, 0.3) is 0 Å². The van der Waals surface area contributed by atoms with Gasteiger partial charge >= 0.3 is 5.97 Å². The quantitative estimate of drug-likeness (QED) is 0.512. The van der Waals surface area contributed by atoms with Gasteiger partial charge in [0.15, 0.2) is 5.09 Å². The molecule has 1 aromatic heterocycles. The van der Waals surface area contributed by atoms with Crippen LogP contribution in [0.15, 0.2) is 39.8 Å². The third-order valence-electron chi connectivity index (χ3n) is 2.41. The number of halogens is 1. The molecule has 0 aliphatic heterocycles. The van der Waals surface area contributed by atoms with Gasteiger partial charge in [0.05, 0.1) is 4.92 Å². The lowest BCUT2D eigenvalue weighted by Crippen LogP contribution is -1.94. The van der Waals surface area contributed by atoms with Crippen molar-refractivity contribution in [1.82, 2.24) is 0 Å². The summed E-state index contributed by atoms with van der Waals surface area (Å²) in [5.74, 6) is -1.05. The van der Waals surface area contributed by atoms with Crippen molar-refractivity contribution in [1.29, 1.82) is 0 Å². The third-order valence-corrected chi connectivity index (χ3v) is 3.60. The molecule has 6 nitrogen and oxygen atoms in total. The molecule has 2 aromatic rings. The molecule has 0 atom stereocenters. The van der Waals surface area contributed by atoms with Gasteiger partial charge in [-0.25, -0.2) is 4.79 Å². The van der Waals surface area contributed by atoms with E-state index in [9.17, 15) is 14.9 Å². The highest BCUT2D eigenvalue weighted by atomic mass is 35.5. The minimum Gasteiger partial charge on any atom is -0.475 e. The molecule has 0 spiro atoms. The van der Waals surface area contributed by atoms with Crippen molar-refractivity contribution in [2.24, 2.45) is 0 Å². The molecule has 0 fully saturated rings. The van der Waals surface area contributed by atoms with E-state index in [1.165, 1.54) is 30.0 Å². The number of furan rings is 1. The van der Waals surface area contributed by atoms with Crippen molar-refractivity contribution in [3.8, 4) is 0 Å². The van der Waals surface area contributed by atoms with E-state index in [-0.39, 0.29) is 22.2 Å². The zero-order chi connectivity index (χ0) is 14.7. The molecular weight excluding hydrogens is 306 g/mol. The van der Waals surface area contributed by atoms with Crippen LogP contribution in [0.2, 0.25) is 5.02 Å². The summed E-state index contributed by atoms with van der Waals surface area (Å²) in [6, 6.07) is 7.25. The van der Waals surface area contributed by atoms with Gasteiger partial charge in [-0.05, 0) is 24.3 Å². The van der Waals surface area contributed by atoms with Gasteiger partial charge in [-0.2, -0.15) is 0 Å². The molecule has 2 rings (SSSR count). The second-order valence-corrected chi connectivity index (χ2v) is 5.16. The second kappa shape index (κ2) is 5.98. The van der Waals surface area contributed by atoms with Crippen LogP contribution >= 0.6 is 23.4 Å². The predicted molar refractivity (Wildman–Crippen MR) is 73.3 cm³/mol. The summed E-state index contributed by atoms with van der Waals surface area (Å²) in [4.78, 5) is 21.1. The first-order chi connectivity index (χ1) is 9.47. The Morgan fingerprint density at radius 3 is 2.75 bits per heavy atom. The number of hydrogen-bond donors (Lipinski definition) is 1. The second-order valence-electron chi connectivity index (χ2n) is 3.74. The Balaban J connectivity index is 2.14. The lowest BCUT2D eigenvalue weighted by molar-refractivity contribution is -0.385. The van der Waals surface area contributed by atoms with Gasteiger partial charge in [0.1, 0.15) is 0 Å². The van der Waals surface area contributed by atoms with Crippen LogP contribution in [0.4, 0.5) is 5.69 Å². The van der Waals surface area contributed by atoms with Gasteiger partial charge in [0.25, 0.3) is 5.69 Å². The maximum atomic E-state index is 10.9. The molecule has 1 heterocycles. The average Bonchev–Trinajstić information content (AvgIpc) is 2.86. The smallest absolute Gasteiger partial charge is 0.371 e. The van der Waals surface area contributed by atoms with Gasteiger partial charge < -0.3 is 9.52 Å². The molecule has 1 N–H and O–H groups in total. The normalized spacial score (nSPS) is 10.4. The fourth-order valence-corrected chi connectivity index (χ4v) is 2.51. The molecular formula is C12H8ClNO5S. The van der Waals surface area contributed by atoms with Gasteiger partial charge in [-0.15, -0.1) is 0 Å². The highest BCUT2D eigenvalue weighted by Crippen LogP contribution is 2.30. The largest absolute Gasteiger partial charge is 0.475 e. The van der Waals surface area contributed by atoms with Crippen LogP contribution in [0.3, 0.4) is 0 Å². The molecule has 0 aliphatic rings. The number of thioether (sulfide) groups is 1. The van der Waals surface area contributed by atoms with E-state index < -0.39 is 10.9 Å². The van der Waals surface area contributed by atoms with Gasteiger partial charge in [0.2, 0.25) is 5.76 Å². The molecule has 0 saturated heterocycles. The Bertz CT molecular complexity index is 670. The van der Waals surface area contributed by atoms with Crippen LogP contribution in [-0.2, 0) is 5.75 Å². The first kappa shape index (κ1) is 14.4. The molecule has 8 heteroatoms. The highest BCUT2D eigenvalue weighted by Gasteiger charge is 2.16. The number of carboxylic acids is 1. The number of aromatic carboxylic acids is 1. The highest BCUT2D eigenvalue weighted by molar-refractivity contribution is 7.98. The number of nitro groups is 1. The summed E-state index contributed by atoms with van der Waals surface area (Å²) < 4.78 is 5.06. The van der Waals surface area contributed by atoms with Crippen LogP contribution < -0.4 is 0 Å². The first-order valence-electron chi connectivity index (χ1n) is 5.36. The molecule has 0 radical (unpaired) electrons. The van der Waals surface area contributed by atoms with E-state index >= 15 is 0 Å². The van der Waals surface area contributed by atoms with E-state index in [0.717, 1.165) is 0 Å². The summed E-state index contributed by atoms with van der Waals surface area (Å²) >= 11 is 6.89. The summed E-state index contributed by atoms with van der Waals surface area (Å²) in [6.07, 6.45) is 0. The van der Waals surface area contributed by atoms with Gasteiger partial charge in [-0.3, -0.25) is 10.1 Å². The number of benzene rings is 1. The minimum absolute atomic E-state index is 0.0741. The monoisotopic (exact) mass is 313 g/mol. The minimum atomic E-state index is -1.16. The molecule has 0 aliphatic carbocycles. The standard InChI is InChI=1S/C12H8ClNO5S/c13-8-2-1-7(9(5-8)14(17)18)6-20-11-4-3-10(19-11)12(15)16/h1-5H,6H2,(H,15,16). The van der Waals surface area contributed by atoms with Gasteiger partial charge in [0, 0.05) is 22.4 Å². The van der Waals surface area contributed by atoms with Crippen LogP contribution in [0.1, 0.15) is 16.1 Å². The number of nitrogens with zero attached hydrogens (tertiary/aromatic N) is 1. The van der Waals surface area contributed by atoms with Crippen LogP contribution in [-0.4, -0.2) is 16.0 Å². The summed E-state index contributed by atoms with van der Waals surface area (Å²) in [5.41, 5.74) is 0.410. The Morgan fingerprint density at radius 1 is 1.40 bits per heavy atom. The maximum absolute atomic E-state index is 10.9. The summed E-state index contributed by atoms with van der Waals surface area (Å²) in [7, 11) is 0. The zero-order valence-electron chi connectivity index (χ0n) is 9.91. The number of nitro benzene ring substituents is 1. The number of carboxylic acid groups (broad SMARTS) is 1. The molecule has 1 aromatic carbocycles. The van der Waals surface area contributed by atoms with Gasteiger partial charge in [-0.1, -0.05) is 23.4 Å². The van der Waals surface area contributed by atoms with Crippen molar-refractivity contribution >= 4 is 35.0 Å². The molecule has 0 amide bonds. The van der Waals surface area contributed by atoms with E-state index in [2.05, 4.69) is 0 Å². The molecule has 0 unspecified atom stereocenters. The predicted octanol–water partition coefficient (Wildman–Crippen LogP) is 3.83. The fraction of sp³-hybridized carbons (Fsp3) is 0.0833. The zero-order valence-corrected chi connectivity index (χ0v) is 11.5. The Labute approximate surface area is 122 Å². The topological polar surface area (TPSA) is 93.6 Å². The lowest BCUT2D eigenvalue weighted by atomic mass is 10.2. The van der Waals surface area contributed by atoms with Crippen molar-refractivity contribution < 1.29 is 19.2 Å². The SMILES string of the molecule is O=C(O)c1ccc(SCc2ccc(Cl)cc2[N+](=O)[O-])o1. The third kappa shape index (κ3) is 3.31. The van der Waals surface area contributed by atoms with Crippen LogP contribution in [0.5, 0.6) is 0 Å². The van der Waals surface area contributed by atoms with Crippen molar-refractivity contribution in [3.05, 3.63) is 56.8 Å². The molecule has 20 heavy (non-hydrogen) atoms. The van der Waals surface area contributed by atoms with Crippen LogP contribution in [0, 0.1) is 10.1 Å². The first-order valence-corrected chi connectivity index (χ1v) is 6.72. The van der Waals surface area contributed by atoms with E-state index in [1.807, 2.05) is 0 Å². The molecule has 104 valence electrons. The number of hydrogen-bond acceptors (Lipinski definition) is 5. The lowest BCUT2D eigenvalue weighted by Gasteiger charge is -2.02. The Kier molecular flexibility index (Phi) is 4.31. The van der Waals surface area contributed by atoms with Crippen molar-refractivity contribution in [2.75, 3.05) is 0 Å². The summed E-state index contributed by atoms with van der Waals surface area (Å²) in [5, 5.41) is 20.3. The van der Waals surface area contributed by atoms with E-state index in [0.29, 0.717) is 10.7 Å². The Morgan fingerprint density at radius 2 is 2.15 bits per heavy atom. The summed E-state index contributed by atoms with van der Waals surface area (Å²) in [6.45, 7) is 0. The van der Waals surface area contributed by atoms with Crippen molar-refractivity contribution in [3.63, 3.8) is 0 Å². The number of rotatable bonds is 5. The van der Waals surface area contributed by atoms with Crippen molar-refractivity contribution in [2.45, 2.75) is 10.8 Å². The maximum Gasteiger partial charge on any atom is 0.371 e. The van der Waals surface area contributed by atoms with E-state index in [1.54, 1.807) is 12.1 Å². The number of carbonyl (C=O) groups is 1. The Hall–Kier alpha value is -1.99. The molecule has 0 bridgehead atoms. The fourth-order valence-electron chi connectivity index (χ4n) is 1.49.